The Morgan fingerprint density at radius 3 is 2.45 bits per heavy atom. The fourth-order valence-electron chi connectivity index (χ4n) is 2.95. The lowest BCUT2D eigenvalue weighted by molar-refractivity contribution is -0.144. The molecule has 0 atom stereocenters. The molecular weight excluding hydrogens is 396 g/mol. The number of rotatable bonds is 7. The van der Waals surface area contributed by atoms with Gasteiger partial charge in [0.15, 0.2) is 6.61 Å². The molecule has 8 nitrogen and oxygen atoms in total. The van der Waals surface area contributed by atoms with Crippen LogP contribution < -0.4 is 10.9 Å². The lowest BCUT2D eigenvalue weighted by atomic mass is 10.1. The Hall–Kier alpha value is -3.86. The molecule has 0 fully saturated rings. The van der Waals surface area contributed by atoms with E-state index in [0.29, 0.717) is 11.5 Å². The van der Waals surface area contributed by atoms with E-state index in [0.717, 1.165) is 23.5 Å². The van der Waals surface area contributed by atoms with E-state index in [1.807, 2.05) is 26.0 Å². The number of nitrogens with zero attached hydrogens (tertiary/aromatic N) is 2. The van der Waals surface area contributed by atoms with Gasteiger partial charge in [-0.05, 0) is 49.6 Å². The molecule has 0 aliphatic rings. The first-order valence-electron chi connectivity index (χ1n) is 9.82. The van der Waals surface area contributed by atoms with Crippen molar-refractivity contribution in [3.8, 4) is 6.07 Å². The highest BCUT2D eigenvalue weighted by Crippen LogP contribution is 2.20. The van der Waals surface area contributed by atoms with Gasteiger partial charge in [0.1, 0.15) is 11.6 Å². The number of aromatic nitrogens is 1. The third kappa shape index (κ3) is 6.57. The number of ether oxygens (including phenoxy) is 1. The minimum atomic E-state index is -0.916. The average Bonchev–Trinajstić information content (AvgIpc) is 3.01. The minimum Gasteiger partial charge on any atom is -0.451 e. The molecule has 0 unspecified atom stereocenters. The van der Waals surface area contributed by atoms with E-state index in [-0.39, 0.29) is 5.57 Å². The Morgan fingerprint density at radius 2 is 1.84 bits per heavy atom. The van der Waals surface area contributed by atoms with Crippen LogP contribution in [0.4, 0.5) is 0 Å². The third-order valence-electron chi connectivity index (χ3n) is 4.49. The van der Waals surface area contributed by atoms with Crippen LogP contribution in [0.3, 0.4) is 0 Å². The van der Waals surface area contributed by atoms with E-state index >= 15 is 0 Å². The second-order valence-electron chi connectivity index (χ2n) is 7.45. The van der Waals surface area contributed by atoms with Crippen molar-refractivity contribution in [2.24, 2.45) is 5.92 Å². The molecule has 0 radical (unpaired) electrons. The quantitative estimate of drug-likeness (QED) is 0.308. The van der Waals surface area contributed by atoms with Gasteiger partial charge in [0.2, 0.25) is 0 Å². The Morgan fingerprint density at radius 1 is 1.16 bits per heavy atom. The topological polar surface area (TPSA) is 113 Å². The summed E-state index contributed by atoms with van der Waals surface area (Å²) in [7, 11) is 0. The van der Waals surface area contributed by atoms with E-state index in [4.69, 9.17) is 4.74 Å². The highest BCUT2D eigenvalue weighted by atomic mass is 16.5. The molecule has 0 aliphatic heterocycles. The standard InChI is InChI=1S/C23H26N4O4/c1-15(2)13-27-16(3)10-19(17(27)4)11-20(12-24)23(30)31-14-21(28)25-26-22(29)18-8-6-5-7-9-18/h5-11,15H,13-14H2,1-4H3,(H,25,28)(H,26,29)/b20-11-. The number of carbonyl (C=O) groups excluding carboxylic acids is 3. The van der Waals surface area contributed by atoms with Crippen LogP contribution >= 0.6 is 0 Å². The number of hydrazine groups is 1. The van der Waals surface area contributed by atoms with Crippen molar-refractivity contribution in [3.63, 3.8) is 0 Å². The zero-order valence-corrected chi connectivity index (χ0v) is 18.1. The van der Waals surface area contributed by atoms with Crippen LogP contribution in [0.2, 0.25) is 0 Å². The van der Waals surface area contributed by atoms with Crippen molar-refractivity contribution in [1.82, 2.24) is 15.4 Å². The van der Waals surface area contributed by atoms with Gasteiger partial charge >= 0.3 is 5.97 Å². The van der Waals surface area contributed by atoms with Crippen LogP contribution in [-0.2, 0) is 20.9 Å². The number of carbonyl (C=O) groups is 3. The SMILES string of the molecule is Cc1cc(/C=C(/C#N)C(=O)OCC(=O)NNC(=O)c2ccccc2)c(C)n1CC(C)C. The Labute approximate surface area is 181 Å². The van der Waals surface area contributed by atoms with Crippen molar-refractivity contribution < 1.29 is 19.1 Å². The summed E-state index contributed by atoms with van der Waals surface area (Å²) in [6.45, 7) is 8.29. The molecule has 2 aromatic rings. The minimum absolute atomic E-state index is 0.217. The normalized spacial score (nSPS) is 11.0. The maximum Gasteiger partial charge on any atom is 0.349 e. The van der Waals surface area contributed by atoms with Gasteiger partial charge in [-0.1, -0.05) is 32.0 Å². The van der Waals surface area contributed by atoms with Gasteiger partial charge < -0.3 is 9.30 Å². The smallest absolute Gasteiger partial charge is 0.349 e. The van der Waals surface area contributed by atoms with E-state index in [1.165, 1.54) is 6.08 Å². The first-order valence-corrected chi connectivity index (χ1v) is 9.82. The number of amides is 2. The van der Waals surface area contributed by atoms with Gasteiger partial charge in [0, 0.05) is 23.5 Å². The molecule has 0 saturated heterocycles. The number of benzene rings is 1. The van der Waals surface area contributed by atoms with Crippen LogP contribution in [0.5, 0.6) is 0 Å². The fraction of sp³-hybridized carbons (Fsp3) is 0.304. The number of aryl methyl sites for hydroxylation is 1. The molecule has 1 heterocycles. The second-order valence-corrected chi connectivity index (χ2v) is 7.45. The molecule has 8 heteroatoms. The molecular formula is C23H26N4O4. The molecule has 31 heavy (non-hydrogen) atoms. The molecule has 0 bridgehead atoms. The van der Waals surface area contributed by atoms with Gasteiger partial charge in [-0.2, -0.15) is 5.26 Å². The van der Waals surface area contributed by atoms with Crippen molar-refractivity contribution in [3.05, 3.63) is 64.5 Å². The molecule has 2 rings (SSSR count). The summed E-state index contributed by atoms with van der Waals surface area (Å²) in [6, 6.07) is 12.0. The lowest BCUT2D eigenvalue weighted by Gasteiger charge is -2.12. The number of hydrogen-bond acceptors (Lipinski definition) is 5. The highest BCUT2D eigenvalue weighted by molar-refractivity contribution is 5.99. The monoisotopic (exact) mass is 422 g/mol. The molecule has 2 N–H and O–H groups in total. The van der Waals surface area contributed by atoms with Crippen LogP contribution in [0.1, 0.15) is 41.2 Å². The predicted octanol–water partition coefficient (Wildman–Crippen LogP) is 2.67. The van der Waals surface area contributed by atoms with Crippen LogP contribution in [0.15, 0.2) is 42.0 Å². The summed E-state index contributed by atoms with van der Waals surface area (Å²) in [5.74, 6) is -1.71. The van der Waals surface area contributed by atoms with E-state index in [9.17, 15) is 19.6 Å². The summed E-state index contributed by atoms with van der Waals surface area (Å²) in [6.07, 6.45) is 1.45. The van der Waals surface area contributed by atoms with E-state index < -0.39 is 24.4 Å². The van der Waals surface area contributed by atoms with Crippen molar-refractivity contribution in [2.75, 3.05) is 6.61 Å². The number of nitrogens with one attached hydrogen (secondary N) is 2. The Kier molecular flexibility index (Phi) is 8.15. The van der Waals surface area contributed by atoms with Crippen LogP contribution in [0, 0.1) is 31.1 Å². The first-order chi connectivity index (χ1) is 14.7. The summed E-state index contributed by atoms with van der Waals surface area (Å²) in [4.78, 5) is 36.0. The van der Waals surface area contributed by atoms with Gasteiger partial charge in [0.05, 0.1) is 0 Å². The van der Waals surface area contributed by atoms with Crippen molar-refractivity contribution in [2.45, 2.75) is 34.2 Å². The highest BCUT2D eigenvalue weighted by Gasteiger charge is 2.16. The zero-order chi connectivity index (χ0) is 23.0. The van der Waals surface area contributed by atoms with Gasteiger partial charge in [-0.3, -0.25) is 20.4 Å². The lowest BCUT2D eigenvalue weighted by Crippen LogP contribution is -2.43. The molecule has 0 saturated carbocycles. The Bertz CT molecular complexity index is 1030. The van der Waals surface area contributed by atoms with Gasteiger partial charge in [-0.25, -0.2) is 4.79 Å². The van der Waals surface area contributed by atoms with E-state index in [1.54, 1.807) is 30.3 Å². The number of hydrogen-bond donors (Lipinski definition) is 2. The van der Waals surface area contributed by atoms with Crippen molar-refractivity contribution >= 4 is 23.9 Å². The largest absolute Gasteiger partial charge is 0.451 e. The number of nitriles is 1. The van der Waals surface area contributed by atoms with Gasteiger partial charge in [0.25, 0.3) is 11.8 Å². The fourth-order valence-corrected chi connectivity index (χ4v) is 2.95. The average molecular weight is 422 g/mol. The molecule has 1 aromatic heterocycles. The van der Waals surface area contributed by atoms with Crippen LogP contribution in [-0.4, -0.2) is 29.0 Å². The molecule has 2 amide bonds. The van der Waals surface area contributed by atoms with E-state index in [2.05, 4.69) is 29.3 Å². The van der Waals surface area contributed by atoms with Gasteiger partial charge in [-0.15, -0.1) is 0 Å². The predicted molar refractivity (Wildman–Crippen MR) is 115 cm³/mol. The zero-order valence-electron chi connectivity index (χ0n) is 18.1. The number of esters is 1. The summed E-state index contributed by atoms with van der Waals surface area (Å²) in [5.41, 5.74) is 7.24. The molecule has 162 valence electrons. The van der Waals surface area contributed by atoms with Crippen LogP contribution in [0.25, 0.3) is 6.08 Å². The third-order valence-corrected chi connectivity index (χ3v) is 4.49. The Balaban J connectivity index is 1.95. The maximum atomic E-state index is 12.2. The summed E-state index contributed by atoms with van der Waals surface area (Å²) < 4.78 is 7.03. The first kappa shape index (κ1) is 23.4. The van der Waals surface area contributed by atoms with Crippen molar-refractivity contribution in [1.29, 1.82) is 5.26 Å². The maximum absolute atomic E-state index is 12.2. The second kappa shape index (κ2) is 10.8. The molecule has 0 aliphatic carbocycles. The summed E-state index contributed by atoms with van der Waals surface area (Å²) >= 11 is 0. The summed E-state index contributed by atoms with van der Waals surface area (Å²) in [5, 5.41) is 9.35. The molecule has 0 spiro atoms. The molecule has 1 aromatic carbocycles.